The van der Waals surface area contributed by atoms with Gasteiger partial charge in [-0.2, -0.15) is 13.2 Å². The first-order valence-electron chi connectivity index (χ1n) is 7.24. The highest BCUT2D eigenvalue weighted by atomic mass is 19.4. The fourth-order valence-corrected chi connectivity index (χ4v) is 2.25. The largest absolute Gasteiger partial charge is 0.467 e. The number of benzene rings is 1. The highest BCUT2D eigenvalue weighted by Gasteiger charge is 2.33. The van der Waals surface area contributed by atoms with E-state index in [-0.39, 0.29) is 12.5 Å². The number of alkyl halides is 3. The number of hydrogen-bond donors (Lipinski definition) is 0. The maximum absolute atomic E-state index is 12.9. The summed E-state index contributed by atoms with van der Waals surface area (Å²) >= 11 is 0. The first-order valence-corrected chi connectivity index (χ1v) is 7.24. The third-order valence-corrected chi connectivity index (χ3v) is 3.36. The molecule has 3 aromatic rings. The van der Waals surface area contributed by atoms with Crippen LogP contribution in [-0.2, 0) is 19.3 Å². The van der Waals surface area contributed by atoms with E-state index < -0.39 is 11.9 Å². The van der Waals surface area contributed by atoms with Gasteiger partial charge in [0.05, 0.1) is 12.8 Å². The minimum absolute atomic E-state index is 0.00470. The van der Waals surface area contributed by atoms with E-state index in [1.165, 1.54) is 6.26 Å². The topological polar surface area (TPSA) is 42.2 Å². The normalized spacial score (nSPS) is 11.5. The summed E-state index contributed by atoms with van der Waals surface area (Å²) < 4.78 is 44.0. The molecule has 2 heterocycles. The minimum Gasteiger partial charge on any atom is -0.467 e. The molecule has 0 spiro atoms. The van der Waals surface area contributed by atoms with Gasteiger partial charge in [-0.25, -0.2) is 9.97 Å². The van der Waals surface area contributed by atoms with Crippen LogP contribution in [0.5, 0.6) is 0 Å². The van der Waals surface area contributed by atoms with Gasteiger partial charge in [-0.15, -0.1) is 0 Å². The monoisotopic (exact) mass is 333 g/mol. The molecule has 4 nitrogen and oxygen atoms in total. The summed E-state index contributed by atoms with van der Waals surface area (Å²) in [5.41, 5.74) is -0.0323. The fraction of sp³-hybridized carbons (Fsp3) is 0.176. The number of rotatable bonds is 5. The van der Waals surface area contributed by atoms with Crippen LogP contribution in [0.1, 0.15) is 17.0 Å². The van der Waals surface area contributed by atoms with Crippen LogP contribution >= 0.6 is 0 Å². The number of aromatic nitrogens is 2. The summed E-state index contributed by atoms with van der Waals surface area (Å²) in [4.78, 5) is 9.31. The lowest BCUT2D eigenvalue weighted by molar-refractivity contribution is -0.141. The molecule has 0 fully saturated rings. The molecule has 1 aromatic carbocycles. The maximum Gasteiger partial charge on any atom is 0.433 e. The number of furan rings is 1. The first kappa shape index (κ1) is 16.0. The molecule has 0 N–H and O–H groups in total. The molecule has 24 heavy (non-hydrogen) atoms. The van der Waals surface area contributed by atoms with Crippen LogP contribution in [0.3, 0.4) is 0 Å². The molecule has 3 rings (SSSR count). The van der Waals surface area contributed by atoms with Crippen LogP contribution in [-0.4, -0.2) is 9.97 Å². The van der Waals surface area contributed by atoms with E-state index in [0.717, 1.165) is 17.8 Å². The molecule has 0 aliphatic heterocycles. The quantitative estimate of drug-likeness (QED) is 0.698. The van der Waals surface area contributed by atoms with Crippen molar-refractivity contribution in [1.82, 2.24) is 9.97 Å². The predicted octanol–water partition coefficient (Wildman–Crippen LogP) is 4.30. The number of nitrogens with zero attached hydrogens (tertiary/aromatic N) is 3. The zero-order valence-electron chi connectivity index (χ0n) is 12.6. The van der Waals surface area contributed by atoms with E-state index in [2.05, 4.69) is 9.97 Å². The van der Waals surface area contributed by atoms with Gasteiger partial charge in [0, 0.05) is 12.7 Å². The Bertz CT molecular complexity index is 773. The lowest BCUT2D eigenvalue weighted by Crippen LogP contribution is -2.25. The second-order valence-electron chi connectivity index (χ2n) is 5.16. The summed E-state index contributed by atoms with van der Waals surface area (Å²) in [6.45, 7) is 0.631. The van der Waals surface area contributed by atoms with Crippen LogP contribution in [0, 0.1) is 0 Å². The second kappa shape index (κ2) is 6.74. The lowest BCUT2D eigenvalue weighted by atomic mass is 10.2. The Morgan fingerprint density at radius 2 is 1.75 bits per heavy atom. The van der Waals surface area contributed by atoms with E-state index in [4.69, 9.17) is 4.42 Å². The van der Waals surface area contributed by atoms with Gasteiger partial charge in [0.15, 0.2) is 0 Å². The van der Waals surface area contributed by atoms with Crippen LogP contribution < -0.4 is 4.90 Å². The summed E-state index contributed by atoms with van der Waals surface area (Å²) in [6.07, 6.45) is -1.88. The number of hydrogen-bond acceptors (Lipinski definition) is 4. The Labute approximate surface area is 136 Å². The van der Waals surface area contributed by atoms with Gasteiger partial charge in [0.2, 0.25) is 5.95 Å². The van der Waals surface area contributed by atoms with Gasteiger partial charge >= 0.3 is 6.18 Å². The van der Waals surface area contributed by atoms with Crippen molar-refractivity contribution in [2.75, 3.05) is 4.90 Å². The summed E-state index contributed by atoms with van der Waals surface area (Å²) in [5, 5.41) is 0. The number of anilines is 1. The average molecular weight is 333 g/mol. The van der Waals surface area contributed by atoms with Gasteiger partial charge in [-0.3, -0.25) is 0 Å². The van der Waals surface area contributed by atoms with Crippen molar-refractivity contribution in [3.63, 3.8) is 0 Å². The van der Waals surface area contributed by atoms with Crippen LogP contribution in [0.15, 0.2) is 65.4 Å². The van der Waals surface area contributed by atoms with E-state index in [1.807, 2.05) is 30.3 Å². The summed E-state index contributed by atoms with van der Waals surface area (Å²) in [5.74, 6) is 0.622. The Morgan fingerprint density at radius 3 is 2.42 bits per heavy atom. The predicted molar refractivity (Wildman–Crippen MR) is 82.1 cm³/mol. The Morgan fingerprint density at radius 1 is 0.958 bits per heavy atom. The first-order chi connectivity index (χ1) is 11.5. The van der Waals surface area contributed by atoms with E-state index in [1.54, 1.807) is 17.0 Å². The third kappa shape index (κ3) is 3.92. The van der Waals surface area contributed by atoms with Gasteiger partial charge in [0.1, 0.15) is 11.5 Å². The Hall–Kier alpha value is -2.83. The van der Waals surface area contributed by atoms with Crippen LogP contribution in [0.2, 0.25) is 0 Å². The zero-order chi connectivity index (χ0) is 17.0. The molecule has 0 saturated heterocycles. The lowest BCUT2D eigenvalue weighted by Gasteiger charge is -2.22. The molecule has 0 atom stereocenters. The Balaban J connectivity index is 1.91. The second-order valence-corrected chi connectivity index (χ2v) is 5.16. The van der Waals surface area contributed by atoms with Crippen LogP contribution in [0.4, 0.5) is 19.1 Å². The minimum atomic E-state index is -4.51. The highest BCUT2D eigenvalue weighted by molar-refractivity contribution is 5.34. The molecule has 7 heteroatoms. The van der Waals surface area contributed by atoms with Gasteiger partial charge in [0.25, 0.3) is 0 Å². The van der Waals surface area contributed by atoms with Crippen molar-refractivity contribution in [3.8, 4) is 0 Å². The molecule has 124 valence electrons. The third-order valence-electron chi connectivity index (χ3n) is 3.36. The molecular weight excluding hydrogens is 319 g/mol. The molecule has 2 aromatic heterocycles. The molecule has 0 aliphatic rings. The average Bonchev–Trinajstić information content (AvgIpc) is 3.08. The molecule has 0 saturated carbocycles. The Kier molecular flexibility index (Phi) is 4.50. The van der Waals surface area contributed by atoms with Crippen LogP contribution in [0.25, 0.3) is 0 Å². The van der Waals surface area contributed by atoms with E-state index in [0.29, 0.717) is 12.3 Å². The molecule has 0 aliphatic carbocycles. The van der Waals surface area contributed by atoms with Crippen molar-refractivity contribution in [2.24, 2.45) is 0 Å². The van der Waals surface area contributed by atoms with E-state index >= 15 is 0 Å². The molecule has 0 radical (unpaired) electrons. The fourth-order valence-electron chi connectivity index (χ4n) is 2.25. The van der Waals surface area contributed by atoms with Gasteiger partial charge in [-0.1, -0.05) is 30.3 Å². The van der Waals surface area contributed by atoms with Gasteiger partial charge in [-0.05, 0) is 23.8 Å². The summed E-state index contributed by atoms with van der Waals surface area (Å²) in [6, 6.07) is 13.7. The maximum atomic E-state index is 12.9. The van der Waals surface area contributed by atoms with E-state index in [9.17, 15) is 13.2 Å². The summed E-state index contributed by atoms with van der Waals surface area (Å²) in [7, 11) is 0. The van der Waals surface area contributed by atoms with Crippen molar-refractivity contribution >= 4 is 5.95 Å². The van der Waals surface area contributed by atoms with Gasteiger partial charge < -0.3 is 9.32 Å². The van der Waals surface area contributed by atoms with Crippen molar-refractivity contribution in [1.29, 1.82) is 0 Å². The SMILES string of the molecule is FC(F)(F)c1ccnc(N(Cc2ccccc2)Cc2ccco2)n1. The van der Waals surface area contributed by atoms with Crippen molar-refractivity contribution < 1.29 is 17.6 Å². The molecule has 0 bridgehead atoms. The van der Waals surface area contributed by atoms with Crippen molar-refractivity contribution in [3.05, 3.63) is 78.0 Å². The molecule has 0 amide bonds. The smallest absolute Gasteiger partial charge is 0.433 e. The molecular formula is C17H14F3N3O. The van der Waals surface area contributed by atoms with Crippen molar-refractivity contribution in [2.45, 2.75) is 19.3 Å². The highest BCUT2D eigenvalue weighted by Crippen LogP contribution is 2.28. The standard InChI is InChI=1S/C17H14F3N3O/c18-17(19,20)15-8-9-21-16(22-15)23(12-14-7-4-10-24-14)11-13-5-2-1-3-6-13/h1-10H,11-12H2. The number of halogens is 3. The molecule has 0 unspecified atom stereocenters. The zero-order valence-corrected chi connectivity index (χ0v) is 12.6.